The average molecular weight is 478 g/mol. The lowest BCUT2D eigenvalue weighted by Crippen LogP contribution is -2.50. The Morgan fingerprint density at radius 1 is 1.03 bits per heavy atom. The van der Waals surface area contributed by atoms with Gasteiger partial charge in [0.25, 0.3) is 0 Å². The van der Waals surface area contributed by atoms with Gasteiger partial charge in [0.1, 0.15) is 18.8 Å². The molecule has 34 heavy (non-hydrogen) atoms. The Hall–Kier alpha value is -3.10. The van der Waals surface area contributed by atoms with E-state index in [1.165, 1.54) is 6.92 Å². The molecule has 0 bridgehead atoms. The number of hydrogen-bond acceptors (Lipinski definition) is 8. The topological polar surface area (TPSA) is 117 Å². The summed E-state index contributed by atoms with van der Waals surface area (Å²) in [5.41, 5.74) is 0.774. The maximum absolute atomic E-state index is 13.1. The highest BCUT2D eigenvalue weighted by Gasteiger charge is 2.44. The van der Waals surface area contributed by atoms with Gasteiger partial charge in [-0.25, -0.2) is 9.59 Å². The molecule has 1 N–H and O–H groups in total. The van der Waals surface area contributed by atoms with Crippen LogP contribution in [-0.2, 0) is 39.9 Å². The number of unbranched alkanes of at least 4 members (excludes halogenated alkanes) is 1. The van der Waals surface area contributed by atoms with Crippen molar-refractivity contribution in [3.63, 3.8) is 0 Å². The molecular weight excluding hydrogens is 442 g/mol. The Morgan fingerprint density at radius 2 is 1.68 bits per heavy atom. The van der Waals surface area contributed by atoms with Crippen LogP contribution in [0.25, 0.3) is 0 Å². The zero-order valence-corrected chi connectivity index (χ0v) is 20.4. The van der Waals surface area contributed by atoms with Crippen LogP contribution in [0.1, 0.15) is 59.4 Å². The monoisotopic (exact) mass is 477 g/mol. The summed E-state index contributed by atoms with van der Waals surface area (Å²) in [7, 11) is 0. The Morgan fingerprint density at radius 3 is 2.29 bits per heavy atom. The Balaban J connectivity index is 2.19. The fourth-order valence-corrected chi connectivity index (χ4v) is 3.54. The summed E-state index contributed by atoms with van der Waals surface area (Å²) in [6.45, 7) is 8.38. The fourth-order valence-electron chi connectivity index (χ4n) is 3.54. The van der Waals surface area contributed by atoms with Crippen molar-refractivity contribution in [1.29, 1.82) is 0 Å². The minimum Gasteiger partial charge on any atom is -0.460 e. The third-order valence-corrected chi connectivity index (χ3v) is 5.57. The minimum absolute atomic E-state index is 0.00529. The van der Waals surface area contributed by atoms with Crippen LogP contribution >= 0.6 is 0 Å². The minimum atomic E-state index is -1.29. The molecule has 2 rings (SSSR count). The largest absolute Gasteiger partial charge is 0.460 e. The first-order valence-electron chi connectivity index (χ1n) is 11.7. The van der Waals surface area contributed by atoms with Gasteiger partial charge in [-0.15, -0.1) is 0 Å². The van der Waals surface area contributed by atoms with Gasteiger partial charge in [-0.05, 0) is 25.8 Å². The maximum atomic E-state index is 13.1. The molecule has 0 radical (unpaired) electrons. The van der Waals surface area contributed by atoms with E-state index in [0.29, 0.717) is 12.8 Å². The molecule has 0 aliphatic carbocycles. The van der Waals surface area contributed by atoms with E-state index >= 15 is 0 Å². The van der Waals surface area contributed by atoms with E-state index in [9.17, 15) is 19.2 Å². The second-order valence-electron chi connectivity index (χ2n) is 8.77. The van der Waals surface area contributed by atoms with Crippen LogP contribution in [-0.4, -0.2) is 48.4 Å². The van der Waals surface area contributed by atoms with Gasteiger partial charge in [-0.1, -0.05) is 63.9 Å². The van der Waals surface area contributed by atoms with Crippen molar-refractivity contribution < 1.29 is 38.1 Å². The van der Waals surface area contributed by atoms with Gasteiger partial charge < -0.3 is 24.3 Å². The molecule has 1 saturated heterocycles. The summed E-state index contributed by atoms with van der Waals surface area (Å²) in [6.07, 6.45) is -1.91. The van der Waals surface area contributed by atoms with Gasteiger partial charge in [0, 0.05) is 0 Å². The highest BCUT2D eigenvalue weighted by Crippen LogP contribution is 2.26. The number of nitrogens with one attached hydrogen (secondary N) is 1. The summed E-state index contributed by atoms with van der Waals surface area (Å²) in [6, 6.07) is 7.76. The number of ether oxygens (including phenoxy) is 4. The van der Waals surface area contributed by atoms with Crippen LogP contribution in [0.3, 0.4) is 0 Å². The first-order valence-corrected chi connectivity index (χ1v) is 11.7. The van der Waals surface area contributed by atoms with E-state index in [1.54, 1.807) is 32.9 Å². The predicted molar refractivity (Wildman–Crippen MR) is 122 cm³/mol. The lowest BCUT2D eigenvalue weighted by atomic mass is 9.92. The molecule has 9 heteroatoms. The fraction of sp³-hybridized carbons (Fsp3) is 0.600. The molecule has 1 aromatic carbocycles. The Labute approximate surface area is 200 Å². The maximum Gasteiger partial charge on any atom is 0.408 e. The standard InChI is InChI=1S/C25H35NO8/c1-6-7-13-19-21(34-22(27)15(2)3)17(5)33-24(29)20(16(4)32-23(19)28)26-25(30)31-14-18-11-9-8-10-12-18/h8-12,15-17,19-21H,6-7,13-14H2,1-5H3,(H,26,30)/t16-,17+,19-,20+,21+/m1/s1. The van der Waals surface area contributed by atoms with E-state index < -0.39 is 60.2 Å². The third kappa shape index (κ3) is 7.74. The SMILES string of the molecule is CCCC[C@H]1C(=O)O[C@H](C)[C@H](NC(=O)OCc2ccccc2)C(=O)O[C@@H](C)[C@@H]1OC(=O)C(C)C. The molecule has 9 nitrogen and oxygen atoms in total. The van der Waals surface area contributed by atoms with Crippen LogP contribution < -0.4 is 5.32 Å². The lowest BCUT2D eigenvalue weighted by Gasteiger charge is -2.29. The van der Waals surface area contributed by atoms with Crippen LogP contribution in [0.5, 0.6) is 0 Å². The molecule has 1 aliphatic rings. The molecule has 0 saturated carbocycles. The first-order chi connectivity index (χ1) is 16.1. The van der Waals surface area contributed by atoms with Crippen molar-refractivity contribution in [2.24, 2.45) is 11.8 Å². The second-order valence-corrected chi connectivity index (χ2v) is 8.77. The molecule has 1 fully saturated rings. The van der Waals surface area contributed by atoms with E-state index in [-0.39, 0.29) is 6.61 Å². The number of alkyl carbamates (subject to hydrolysis) is 1. The molecule has 1 aliphatic heterocycles. The molecule has 0 aromatic heterocycles. The van der Waals surface area contributed by atoms with E-state index in [4.69, 9.17) is 18.9 Å². The van der Waals surface area contributed by atoms with Gasteiger partial charge >= 0.3 is 24.0 Å². The van der Waals surface area contributed by atoms with Gasteiger partial charge in [0.15, 0.2) is 12.1 Å². The quantitative estimate of drug-likeness (QED) is 0.446. The predicted octanol–water partition coefficient (Wildman–Crippen LogP) is 3.53. The number of carbonyl (C=O) groups is 4. The van der Waals surface area contributed by atoms with E-state index in [2.05, 4.69) is 5.32 Å². The van der Waals surface area contributed by atoms with Gasteiger partial charge in [0.2, 0.25) is 0 Å². The highest BCUT2D eigenvalue weighted by molar-refractivity contribution is 5.83. The smallest absolute Gasteiger partial charge is 0.408 e. The van der Waals surface area contributed by atoms with E-state index in [0.717, 1.165) is 12.0 Å². The number of cyclic esters (lactones) is 2. The van der Waals surface area contributed by atoms with Crippen molar-refractivity contribution in [2.45, 2.75) is 84.8 Å². The number of esters is 3. The molecule has 5 atom stereocenters. The summed E-state index contributed by atoms with van der Waals surface area (Å²) in [4.78, 5) is 50.7. The molecule has 0 unspecified atom stereocenters. The van der Waals surface area contributed by atoms with Crippen molar-refractivity contribution in [2.75, 3.05) is 0 Å². The van der Waals surface area contributed by atoms with Crippen molar-refractivity contribution in [1.82, 2.24) is 5.32 Å². The van der Waals surface area contributed by atoms with Crippen LogP contribution in [0.15, 0.2) is 30.3 Å². The van der Waals surface area contributed by atoms with E-state index in [1.807, 2.05) is 25.1 Å². The van der Waals surface area contributed by atoms with Gasteiger partial charge in [-0.2, -0.15) is 0 Å². The number of rotatable bonds is 8. The van der Waals surface area contributed by atoms with Crippen LogP contribution in [0, 0.1) is 11.8 Å². The number of amides is 1. The van der Waals surface area contributed by atoms with Crippen molar-refractivity contribution >= 4 is 24.0 Å². The zero-order valence-electron chi connectivity index (χ0n) is 20.4. The molecule has 1 aromatic rings. The summed E-state index contributed by atoms with van der Waals surface area (Å²) >= 11 is 0. The Kier molecular flexibility index (Phi) is 10.3. The van der Waals surface area contributed by atoms with Gasteiger partial charge in [0.05, 0.1) is 11.8 Å². The van der Waals surface area contributed by atoms with Crippen LogP contribution in [0.2, 0.25) is 0 Å². The molecule has 188 valence electrons. The average Bonchev–Trinajstić information content (AvgIpc) is 2.82. The first kappa shape index (κ1) is 27.1. The summed E-state index contributed by atoms with van der Waals surface area (Å²) in [5, 5.41) is 2.44. The van der Waals surface area contributed by atoms with Crippen LogP contribution in [0.4, 0.5) is 4.79 Å². The molecule has 0 spiro atoms. The van der Waals surface area contributed by atoms with Crippen molar-refractivity contribution in [3.8, 4) is 0 Å². The molecule has 1 amide bonds. The molecule has 1 heterocycles. The number of hydrogen-bond donors (Lipinski definition) is 1. The normalized spacial score (nSPS) is 25.3. The zero-order chi connectivity index (χ0) is 25.3. The summed E-state index contributed by atoms with van der Waals surface area (Å²) in [5.74, 6) is -3.17. The molecular formula is C25H35NO8. The van der Waals surface area contributed by atoms with Crippen molar-refractivity contribution in [3.05, 3.63) is 35.9 Å². The summed E-state index contributed by atoms with van der Waals surface area (Å²) < 4.78 is 21.9. The number of carbonyl (C=O) groups excluding carboxylic acids is 4. The number of benzene rings is 1. The second kappa shape index (κ2) is 13.0. The van der Waals surface area contributed by atoms with Gasteiger partial charge in [-0.3, -0.25) is 9.59 Å². The Bertz CT molecular complexity index is 841. The third-order valence-electron chi connectivity index (χ3n) is 5.57. The highest BCUT2D eigenvalue weighted by atomic mass is 16.6. The lowest BCUT2D eigenvalue weighted by molar-refractivity contribution is -0.177.